The molecule has 0 saturated carbocycles. The maximum atomic E-state index is 8.63. The molecule has 1 aromatic heterocycles. The molecule has 0 amide bonds. The lowest BCUT2D eigenvalue weighted by Gasteiger charge is -2.26. The number of hydrogen-bond acceptors (Lipinski definition) is 4. The predicted molar refractivity (Wildman–Crippen MR) is 76.6 cm³/mol. The van der Waals surface area contributed by atoms with E-state index in [1.165, 1.54) is 19.3 Å². The highest BCUT2D eigenvalue weighted by Gasteiger charge is 2.35. The Hall–Kier alpha value is -1.78. The van der Waals surface area contributed by atoms with Gasteiger partial charge in [0.25, 0.3) is 0 Å². The van der Waals surface area contributed by atoms with Gasteiger partial charge in [-0.3, -0.25) is 0 Å². The summed E-state index contributed by atoms with van der Waals surface area (Å²) < 4.78 is 0. The second-order valence-corrected chi connectivity index (χ2v) is 5.27. The Morgan fingerprint density at radius 2 is 2.21 bits per heavy atom. The van der Waals surface area contributed by atoms with Crippen LogP contribution < -0.4 is 10.6 Å². The van der Waals surface area contributed by atoms with E-state index >= 15 is 0 Å². The molecular formula is C14H22N4O. The molecule has 0 bridgehead atoms. The van der Waals surface area contributed by atoms with E-state index in [-0.39, 0.29) is 5.84 Å². The van der Waals surface area contributed by atoms with Crippen LogP contribution in [0.25, 0.3) is 0 Å². The molecule has 19 heavy (non-hydrogen) atoms. The molecule has 0 aliphatic carbocycles. The zero-order chi connectivity index (χ0) is 13.9. The molecule has 1 fully saturated rings. The molecule has 1 aliphatic rings. The highest BCUT2D eigenvalue weighted by molar-refractivity contribution is 5.96. The van der Waals surface area contributed by atoms with Crippen LogP contribution in [0.5, 0.6) is 0 Å². The van der Waals surface area contributed by atoms with Crippen molar-refractivity contribution in [1.29, 1.82) is 0 Å². The number of hydrogen-bond donors (Lipinski definition) is 2. The number of nitrogens with two attached hydrogens (primary N) is 1. The molecule has 0 spiro atoms. The summed E-state index contributed by atoms with van der Waals surface area (Å²) in [4.78, 5) is 6.74. The normalized spacial score (nSPS) is 18.8. The summed E-state index contributed by atoms with van der Waals surface area (Å²) in [6.07, 6.45) is 5.30. The van der Waals surface area contributed by atoms with E-state index in [2.05, 4.69) is 28.9 Å². The second kappa shape index (κ2) is 5.47. The van der Waals surface area contributed by atoms with Crippen LogP contribution in [0, 0.1) is 5.41 Å². The fourth-order valence-electron chi connectivity index (χ4n) is 2.74. The van der Waals surface area contributed by atoms with E-state index in [4.69, 9.17) is 10.9 Å². The topological polar surface area (TPSA) is 74.7 Å². The van der Waals surface area contributed by atoms with Crippen LogP contribution in [0.1, 0.15) is 38.7 Å². The van der Waals surface area contributed by atoms with Crippen LogP contribution in [0.4, 0.5) is 5.82 Å². The lowest BCUT2D eigenvalue weighted by atomic mass is 9.82. The molecule has 5 nitrogen and oxygen atoms in total. The van der Waals surface area contributed by atoms with Crippen molar-refractivity contribution in [2.45, 2.75) is 33.1 Å². The molecule has 3 N–H and O–H groups in total. The smallest absolute Gasteiger partial charge is 0.171 e. The van der Waals surface area contributed by atoms with Gasteiger partial charge in [0, 0.05) is 24.8 Å². The van der Waals surface area contributed by atoms with Gasteiger partial charge in [0.1, 0.15) is 5.82 Å². The number of amidine groups is 1. The average molecular weight is 262 g/mol. The van der Waals surface area contributed by atoms with Crippen molar-refractivity contribution in [1.82, 2.24) is 4.98 Å². The monoisotopic (exact) mass is 262 g/mol. The van der Waals surface area contributed by atoms with Gasteiger partial charge in [-0.1, -0.05) is 19.0 Å². The van der Waals surface area contributed by atoms with Crippen molar-refractivity contribution in [2.24, 2.45) is 16.3 Å². The van der Waals surface area contributed by atoms with Crippen LogP contribution >= 0.6 is 0 Å². The number of anilines is 1. The van der Waals surface area contributed by atoms with Gasteiger partial charge in [0.15, 0.2) is 5.84 Å². The average Bonchev–Trinajstić information content (AvgIpc) is 2.92. The molecule has 0 unspecified atom stereocenters. The first-order valence-corrected chi connectivity index (χ1v) is 6.83. The highest BCUT2D eigenvalue weighted by Crippen LogP contribution is 2.38. The number of nitrogens with zero attached hydrogens (tertiary/aromatic N) is 3. The third-order valence-corrected chi connectivity index (χ3v) is 4.41. The van der Waals surface area contributed by atoms with E-state index in [1.54, 1.807) is 6.20 Å². The fraction of sp³-hybridized carbons (Fsp3) is 0.571. The molecule has 1 saturated heterocycles. The van der Waals surface area contributed by atoms with Gasteiger partial charge in [-0.2, -0.15) is 0 Å². The largest absolute Gasteiger partial charge is 0.409 e. The van der Waals surface area contributed by atoms with Crippen molar-refractivity contribution in [3.05, 3.63) is 23.9 Å². The Bertz CT molecular complexity index is 451. The summed E-state index contributed by atoms with van der Waals surface area (Å²) in [5.41, 5.74) is 6.61. The third-order valence-electron chi connectivity index (χ3n) is 4.41. The second-order valence-electron chi connectivity index (χ2n) is 5.27. The van der Waals surface area contributed by atoms with Crippen LogP contribution in [0.15, 0.2) is 23.5 Å². The molecular weight excluding hydrogens is 240 g/mol. The number of aromatic nitrogens is 1. The Labute approximate surface area is 114 Å². The maximum absolute atomic E-state index is 8.63. The molecule has 2 rings (SSSR count). The van der Waals surface area contributed by atoms with E-state index < -0.39 is 0 Å². The molecule has 0 radical (unpaired) electrons. The van der Waals surface area contributed by atoms with Crippen LogP contribution in [-0.4, -0.2) is 29.1 Å². The summed E-state index contributed by atoms with van der Waals surface area (Å²) in [7, 11) is 0. The maximum Gasteiger partial charge on any atom is 0.171 e. The first-order valence-electron chi connectivity index (χ1n) is 6.83. The first kappa shape index (κ1) is 13.6. The summed E-state index contributed by atoms with van der Waals surface area (Å²) in [5, 5.41) is 11.6. The van der Waals surface area contributed by atoms with Crippen LogP contribution in [-0.2, 0) is 0 Å². The van der Waals surface area contributed by atoms with Crippen LogP contribution in [0.3, 0.4) is 0 Å². The summed E-state index contributed by atoms with van der Waals surface area (Å²) in [6, 6.07) is 3.78. The molecule has 104 valence electrons. The van der Waals surface area contributed by atoms with Gasteiger partial charge in [-0.15, -0.1) is 0 Å². The van der Waals surface area contributed by atoms with Crippen molar-refractivity contribution in [3.63, 3.8) is 0 Å². The van der Waals surface area contributed by atoms with Crippen LogP contribution in [0.2, 0.25) is 0 Å². The number of oxime groups is 1. The van der Waals surface area contributed by atoms with Crippen molar-refractivity contribution < 1.29 is 5.21 Å². The quantitative estimate of drug-likeness (QED) is 0.377. The fourth-order valence-corrected chi connectivity index (χ4v) is 2.74. The first-order chi connectivity index (χ1) is 9.14. The summed E-state index contributed by atoms with van der Waals surface area (Å²) in [6.45, 7) is 6.65. The van der Waals surface area contributed by atoms with E-state index in [9.17, 15) is 0 Å². The standard InChI is InChI=1S/C14H22N4O/c1-3-14(4-2)7-8-18(10-14)12-6-5-11(9-16-12)13(15)17-19/h5-6,9,19H,3-4,7-8,10H2,1-2H3,(H2,15,17). The van der Waals surface area contributed by atoms with Gasteiger partial charge in [0.05, 0.1) is 0 Å². The molecule has 0 aromatic carbocycles. The third kappa shape index (κ3) is 2.64. The Morgan fingerprint density at radius 3 is 2.68 bits per heavy atom. The van der Waals surface area contributed by atoms with Crippen molar-refractivity contribution >= 4 is 11.7 Å². The molecule has 1 aromatic rings. The minimum Gasteiger partial charge on any atom is -0.409 e. The van der Waals surface area contributed by atoms with E-state index in [0.29, 0.717) is 11.0 Å². The van der Waals surface area contributed by atoms with Gasteiger partial charge >= 0.3 is 0 Å². The summed E-state index contributed by atoms with van der Waals surface area (Å²) >= 11 is 0. The Kier molecular flexibility index (Phi) is 3.93. The molecule has 1 aliphatic heterocycles. The van der Waals surface area contributed by atoms with Gasteiger partial charge in [-0.05, 0) is 36.8 Å². The Morgan fingerprint density at radius 1 is 1.47 bits per heavy atom. The SMILES string of the molecule is CCC1(CC)CCN(c2ccc(C(N)=NO)cn2)C1. The minimum absolute atomic E-state index is 0.0944. The highest BCUT2D eigenvalue weighted by atomic mass is 16.4. The van der Waals surface area contributed by atoms with Gasteiger partial charge in [0.2, 0.25) is 0 Å². The lowest BCUT2D eigenvalue weighted by Crippen LogP contribution is -2.26. The predicted octanol–water partition coefficient (Wildman–Crippen LogP) is 2.19. The zero-order valence-corrected chi connectivity index (χ0v) is 11.6. The lowest BCUT2D eigenvalue weighted by molar-refractivity contribution is 0.301. The van der Waals surface area contributed by atoms with Gasteiger partial charge in [-0.25, -0.2) is 4.98 Å². The number of pyridine rings is 1. The van der Waals surface area contributed by atoms with E-state index in [1.807, 2.05) is 12.1 Å². The number of rotatable bonds is 4. The minimum atomic E-state index is 0.0944. The molecule has 5 heteroatoms. The van der Waals surface area contributed by atoms with Crippen molar-refractivity contribution in [3.8, 4) is 0 Å². The van der Waals surface area contributed by atoms with E-state index in [0.717, 1.165) is 18.9 Å². The summed E-state index contributed by atoms with van der Waals surface area (Å²) in [5.74, 6) is 1.06. The molecule has 2 heterocycles. The Balaban J connectivity index is 2.12. The zero-order valence-electron chi connectivity index (χ0n) is 11.6. The molecule has 0 atom stereocenters. The van der Waals surface area contributed by atoms with Gasteiger partial charge < -0.3 is 15.8 Å². The van der Waals surface area contributed by atoms with Crippen molar-refractivity contribution in [2.75, 3.05) is 18.0 Å².